The standard InChI is InChI=1S/C34H40N4O8S2/c1-33(2,3)45-31(40)27-24-16-21(17-35-28-23-10-8-9-11-26(23)48(42,43)37-28)38(18-20-12-14-22(44-7)15-13-20)19-25(24)47-30(27)36-29(39)32(41)46-34(4,5)6/h8-15,21H,16-19H2,1-7H3,(H,35,37)(H,36,39). The second-order valence-corrected chi connectivity index (χ2v) is 16.2. The first-order chi connectivity index (χ1) is 22.4. The van der Waals surface area contributed by atoms with Gasteiger partial charge in [0, 0.05) is 36.1 Å². The van der Waals surface area contributed by atoms with Gasteiger partial charge in [-0.05, 0) is 83.4 Å². The summed E-state index contributed by atoms with van der Waals surface area (Å²) in [4.78, 5) is 42.4. The Kier molecular flexibility index (Phi) is 9.73. The van der Waals surface area contributed by atoms with Crippen molar-refractivity contribution in [2.75, 3.05) is 19.0 Å². The molecule has 2 aliphatic heterocycles. The molecule has 2 N–H and O–H groups in total. The lowest BCUT2D eigenvalue weighted by Crippen LogP contribution is -2.47. The van der Waals surface area contributed by atoms with E-state index < -0.39 is 39.1 Å². The zero-order valence-corrected chi connectivity index (χ0v) is 29.6. The van der Waals surface area contributed by atoms with Crippen LogP contribution in [0.3, 0.4) is 0 Å². The van der Waals surface area contributed by atoms with Crippen LogP contribution < -0.4 is 15.4 Å². The predicted molar refractivity (Wildman–Crippen MR) is 182 cm³/mol. The summed E-state index contributed by atoms with van der Waals surface area (Å²) in [5, 5.41) is 6.07. The largest absolute Gasteiger partial charge is 0.497 e. The second-order valence-electron chi connectivity index (χ2n) is 13.6. The number of sulfonamides is 1. The van der Waals surface area contributed by atoms with Crippen molar-refractivity contribution in [1.29, 1.82) is 0 Å². The molecule has 0 spiro atoms. The fourth-order valence-corrected chi connectivity index (χ4v) is 7.88. The normalized spacial score (nSPS) is 17.1. The van der Waals surface area contributed by atoms with Crippen molar-refractivity contribution in [3.8, 4) is 5.75 Å². The van der Waals surface area contributed by atoms with Gasteiger partial charge in [-0.3, -0.25) is 9.69 Å². The number of fused-ring (bicyclic) bond motifs is 2. The molecule has 0 bridgehead atoms. The Labute approximate surface area is 284 Å². The lowest BCUT2D eigenvalue weighted by molar-refractivity contribution is -0.161. The lowest BCUT2D eigenvalue weighted by atomic mass is 9.95. The zero-order chi connectivity index (χ0) is 35.0. The van der Waals surface area contributed by atoms with E-state index in [2.05, 4.69) is 19.9 Å². The van der Waals surface area contributed by atoms with Crippen LogP contribution in [0.5, 0.6) is 5.75 Å². The fourth-order valence-electron chi connectivity index (χ4n) is 5.45. The fraction of sp³-hybridized carbons (Fsp3) is 0.412. The van der Waals surface area contributed by atoms with Gasteiger partial charge in [-0.2, -0.15) is 8.42 Å². The van der Waals surface area contributed by atoms with Gasteiger partial charge in [0.05, 0.1) is 12.7 Å². The highest BCUT2D eigenvalue weighted by molar-refractivity contribution is 7.90. The number of thiophene rings is 1. The molecule has 48 heavy (non-hydrogen) atoms. The molecule has 0 fully saturated rings. The zero-order valence-electron chi connectivity index (χ0n) is 28.0. The Morgan fingerprint density at radius 3 is 2.29 bits per heavy atom. The number of nitrogens with one attached hydrogen (secondary N) is 2. The minimum atomic E-state index is -3.82. The van der Waals surface area contributed by atoms with E-state index in [1.165, 1.54) is 17.4 Å². The van der Waals surface area contributed by atoms with Gasteiger partial charge < -0.3 is 24.8 Å². The van der Waals surface area contributed by atoms with E-state index >= 15 is 0 Å². The van der Waals surface area contributed by atoms with E-state index in [1.807, 2.05) is 24.3 Å². The third kappa shape index (κ3) is 8.05. The minimum Gasteiger partial charge on any atom is -0.497 e. The Bertz CT molecular complexity index is 1870. The number of amidine groups is 1. The molecule has 0 saturated heterocycles. The summed E-state index contributed by atoms with van der Waals surface area (Å²) in [6.07, 6.45) is 0.355. The first-order valence-corrected chi connectivity index (χ1v) is 17.7. The van der Waals surface area contributed by atoms with Gasteiger partial charge in [0.1, 0.15) is 32.7 Å². The van der Waals surface area contributed by atoms with Crippen LogP contribution in [0.2, 0.25) is 0 Å². The highest BCUT2D eigenvalue weighted by Gasteiger charge is 2.37. The topological polar surface area (TPSA) is 153 Å². The third-order valence-electron chi connectivity index (χ3n) is 7.49. The maximum absolute atomic E-state index is 13.7. The van der Waals surface area contributed by atoms with Crippen molar-refractivity contribution in [3.05, 3.63) is 75.7 Å². The van der Waals surface area contributed by atoms with E-state index in [9.17, 15) is 22.8 Å². The Morgan fingerprint density at radius 2 is 1.65 bits per heavy atom. The molecule has 3 aromatic rings. The molecule has 1 aromatic heterocycles. The van der Waals surface area contributed by atoms with Crippen LogP contribution in [-0.4, -0.2) is 67.9 Å². The summed E-state index contributed by atoms with van der Waals surface area (Å²) in [6, 6.07) is 14.1. The number of amides is 1. The Hall–Kier alpha value is -4.27. The number of methoxy groups -OCH3 is 1. The molecule has 3 heterocycles. The Morgan fingerprint density at radius 1 is 0.979 bits per heavy atom. The summed E-state index contributed by atoms with van der Waals surface area (Å²) < 4.78 is 45.8. The number of rotatable bonds is 7. The van der Waals surface area contributed by atoms with Crippen LogP contribution in [0.1, 0.15) is 73.5 Å². The summed E-state index contributed by atoms with van der Waals surface area (Å²) in [6.45, 7) is 11.4. The second kappa shape index (κ2) is 13.3. The third-order valence-corrected chi connectivity index (χ3v) is 9.96. The predicted octanol–water partition coefficient (Wildman–Crippen LogP) is 4.66. The van der Waals surface area contributed by atoms with Crippen LogP contribution in [0.4, 0.5) is 5.00 Å². The van der Waals surface area contributed by atoms with Gasteiger partial charge in [-0.15, -0.1) is 15.7 Å². The van der Waals surface area contributed by atoms with Gasteiger partial charge in [-0.1, -0.05) is 24.3 Å². The minimum absolute atomic E-state index is 0.143. The molecule has 0 saturated carbocycles. The lowest BCUT2D eigenvalue weighted by Gasteiger charge is -2.36. The van der Waals surface area contributed by atoms with Crippen molar-refractivity contribution >= 4 is 50.0 Å². The molecule has 1 amide bonds. The molecule has 14 heteroatoms. The molecule has 2 aliphatic rings. The van der Waals surface area contributed by atoms with E-state index in [1.54, 1.807) is 66.9 Å². The van der Waals surface area contributed by atoms with Gasteiger partial charge in [-0.25, -0.2) is 9.59 Å². The van der Waals surface area contributed by atoms with E-state index in [0.29, 0.717) is 37.2 Å². The maximum Gasteiger partial charge on any atom is 0.397 e. The highest BCUT2D eigenvalue weighted by atomic mass is 32.2. The molecular formula is C34H40N4O8S2. The van der Waals surface area contributed by atoms with Gasteiger partial charge in [0.2, 0.25) is 0 Å². The number of nitrogens with zero attached hydrogens (tertiary/aromatic N) is 2. The number of benzene rings is 2. The SMILES string of the molecule is COc1ccc(CN2Cc3sc(NC(=O)C(=O)OC(C)(C)C)c(C(=O)OC(C)(C)C)c3CC2CNC2=NS(=O)(=O)c3ccccc32)cc1. The average molecular weight is 697 g/mol. The molecule has 5 rings (SSSR count). The van der Waals surface area contributed by atoms with Crippen molar-refractivity contribution in [2.45, 2.75) is 83.2 Å². The van der Waals surface area contributed by atoms with Gasteiger partial charge >= 0.3 is 17.8 Å². The Balaban J connectivity index is 1.50. The number of carbonyl (C=O) groups excluding carboxylic acids is 3. The van der Waals surface area contributed by atoms with Crippen LogP contribution in [-0.2, 0) is 48.6 Å². The average Bonchev–Trinajstić information content (AvgIpc) is 3.47. The number of ether oxygens (including phenoxy) is 3. The first kappa shape index (κ1) is 35.0. The number of carbonyl (C=O) groups is 3. The van der Waals surface area contributed by atoms with Crippen LogP contribution in [0.15, 0.2) is 57.8 Å². The molecule has 1 unspecified atom stereocenters. The van der Waals surface area contributed by atoms with Crippen molar-refractivity contribution in [3.63, 3.8) is 0 Å². The van der Waals surface area contributed by atoms with E-state index in [0.717, 1.165) is 16.2 Å². The monoisotopic (exact) mass is 696 g/mol. The summed E-state index contributed by atoms with van der Waals surface area (Å²) in [5.74, 6) is -1.72. The van der Waals surface area contributed by atoms with Crippen molar-refractivity contribution in [2.24, 2.45) is 4.40 Å². The van der Waals surface area contributed by atoms with Crippen LogP contribution >= 0.6 is 11.3 Å². The van der Waals surface area contributed by atoms with Crippen molar-refractivity contribution < 1.29 is 37.0 Å². The number of esters is 2. The quantitative estimate of drug-likeness (QED) is 0.264. The molecule has 256 valence electrons. The molecule has 1 atom stereocenters. The van der Waals surface area contributed by atoms with E-state index in [-0.39, 0.29) is 27.3 Å². The summed E-state index contributed by atoms with van der Waals surface area (Å²) in [5.41, 5.74) is 0.664. The number of anilines is 1. The summed E-state index contributed by atoms with van der Waals surface area (Å²) in [7, 11) is -2.22. The van der Waals surface area contributed by atoms with Crippen LogP contribution in [0, 0.1) is 0 Å². The number of hydrogen-bond acceptors (Lipinski definition) is 11. The molecule has 2 aromatic carbocycles. The highest BCUT2D eigenvalue weighted by Crippen LogP contribution is 2.40. The number of hydrogen-bond donors (Lipinski definition) is 2. The molecular weight excluding hydrogens is 657 g/mol. The molecule has 0 radical (unpaired) electrons. The smallest absolute Gasteiger partial charge is 0.397 e. The molecule has 0 aliphatic carbocycles. The first-order valence-electron chi connectivity index (χ1n) is 15.4. The van der Waals surface area contributed by atoms with Crippen molar-refractivity contribution in [1.82, 2.24) is 10.2 Å². The summed E-state index contributed by atoms with van der Waals surface area (Å²) >= 11 is 1.21. The van der Waals surface area contributed by atoms with Crippen LogP contribution in [0.25, 0.3) is 0 Å². The maximum atomic E-state index is 13.7. The molecule has 12 nitrogen and oxygen atoms in total. The van der Waals surface area contributed by atoms with E-state index in [4.69, 9.17) is 14.2 Å². The van der Waals surface area contributed by atoms with Gasteiger partial charge in [0.15, 0.2) is 0 Å². The van der Waals surface area contributed by atoms with Gasteiger partial charge in [0.25, 0.3) is 10.0 Å².